The number of methoxy groups -OCH3 is 1. The highest BCUT2D eigenvalue weighted by Crippen LogP contribution is 2.28. The predicted octanol–water partition coefficient (Wildman–Crippen LogP) is 3.70. The summed E-state index contributed by atoms with van der Waals surface area (Å²) < 4.78 is 11.0. The summed E-state index contributed by atoms with van der Waals surface area (Å²) in [5.41, 5.74) is 3.15. The van der Waals surface area contributed by atoms with Gasteiger partial charge in [0.15, 0.2) is 17.5 Å². The molecule has 0 bridgehead atoms. The minimum Gasteiger partial charge on any atom is -0.493 e. The van der Waals surface area contributed by atoms with E-state index in [-0.39, 0.29) is 29.9 Å². The van der Waals surface area contributed by atoms with Crippen molar-refractivity contribution in [3.63, 3.8) is 0 Å². The van der Waals surface area contributed by atoms with E-state index in [2.05, 4.69) is 15.6 Å². The van der Waals surface area contributed by atoms with Crippen LogP contribution in [0.15, 0.2) is 47.5 Å². The Labute approximate surface area is 201 Å². The second-order valence-electron chi connectivity index (χ2n) is 7.01. The van der Waals surface area contributed by atoms with Gasteiger partial charge in [0.1, 0.15) is 0 Å². The van der Waals surface area contributed by atoms with Crippen LogP contribution in [0.2, 0.25) is 0 Å². The number of anilines is 1. The molecule has 1 heterocycles. The molecule has 8 heteroatoms. The lowest BCUT2D eigenvalue weighted by Crippen LogP contribution is -2.36. The number of halogens is 1. The van der Waals surface area contributed by atoms with Crippen molar-refractivity contribution in [2.75, 3.05) is 32.2 Å². The van der Waals surface area contributed by atoms with Crippen LogP contribution in [-0.4, -0.2) is 39.2 Å². The lowest BCUT2D eigenvalue weighted by atomic mass is 10.2. The molecule has 2 aromatic carbocycles. The van der Waals surface area contributed by atoms with Crippen LogP contribution in [0.1, 0.15) is 30.9 Å². The Morgan fingerprint density at radius 3 is 2.32 bits per heavy atom. The van der Waals surface area contributed by atoms with Crippen LogP contribution in [0.4, 0.5) is 5.69 Å². The van der Waals surface area contributed by atoms with Crippen molar-refractivity contribution in [3.8, 4) is 11.5 Å². The van der Waals surface area contributed by atoms with E-state index in [4.69, 9.17) is 9.47 Å². The molecule has 3 rings (SSSR count). The molecule has 1 saturated heterocycles. The van der Waals surface area contributed by atoms with Crippen LogP contribution in [0.3, 0.4) is 0 Å². The highest BCUT2D eigenvalue weighted by Gasteiger charge is 2.21. The van der Waals surface area contributed by atoms with Gasteiger partial charge in [-0.05, 0) is 48.7 Å². The van der Waals surface area contributed by atoms with Crippen molar-refractivity contribution < 1.29 is 14.3 Å². The molecule has 0 saturated carbocycles. The van der Waals surface area contributed by atoms with Gasteiger partial charge in [0, 0.05) is 38.8 Å². The summed E-state index contributed by atoms with van der Waals surface area (Å²) >= 11 is 0. The van der Waals surface area contributed by atoms with Gasteiger partial charge in [0.05, 0.1) is 13.7 Å². The Hall–Kier alpha value is -2.49. The first-order valence-corrected chi connectivity index (χ1v) is 10.3. The highest BCUT2D eigenvalue weighted by atomic mass is 127. The number of carbonyl (C=O) groups is 1. The fourth-order valence-corrected chi connectivity index (χ4v) is 3.40. The first-order valence-electron chi connectivity index (χ1n) is 10.3. The quantitative estimate of drug-likeness (QED) is 0.305. The molecule has 0 spiro atoms. The maximum atomic E-state index is 11.9. The molecule has 2 aromatic rings. The molecular formula is C23H31IN4O3. The average molecular weight is 538 g/mol. The standard InChI is InChI=1S/C23H30N4O3.HI/c1-4-30-20-12-9-18(14-21(20)29-3)16-26-23(24-2)25-15-17-7-10-19(11-8-17)27-13-5-6-22(27)28;/h7-12,14H,4-6,13,15-16H2,1-3H3,(H2,24,25,26);1H. The smallest absolute Gasteiger partial charge is 0.227 e. The number of hydrogen-bond donors (Lipinski definition) is 2. The number of nitrogens with zero attached hydrogens (tertiary/aromatic N) is 2. The molecule has 1 aliphatic heterocycles. The van der Waals surface area contributed by atoms with Crippen LogP contribution in [0.25, 0.3) is 0 Å². The van der Waals surface area contributed by atoms with E-state index in [1.165, 1.54) is 0 Å². The van der Waals surface area contributed by atoms with Crippen molar-refractivity contribution in [1.29, 1.82) is 0 Å². The molecular weight excluding hydrogens is 507 g/mol. The van der Waals surface area contributed by atoms with Crippen LogP contribution in [0, 0.1) is 0 Å². The summed E-state index contributed by atoms with van der Waals surface area (Å²) in [6.45, 7) is 4.60. The van der Waals surface area contributed by atoms with Crippen LogP contribution < -0.4 is 25.0 Å². The third-order valence-corrected chi connectivity index (χ3v) is 4.99. The summed E-state index contributed by atoms with van der Waals surface area (Å²) in [5, 5.41) is 6.63. The van der Waals surface area contributed by atoms with Crippen molar-refractivity contribution in [1.82, 2.24) is 10.6 Å². The Morgan fingerprint density at radius 2 is 1.74 bits per heavy atom. The molecule has 7 nitrogen and oxygen atoms in total. The Kier molecular flexibility index (Phi) is 9.90. The summed E-state index contributed by atoms with van der Waals surface area (Å²) in [7, 11) is 3.39. The average Bonchev–Trinajstić information content (AvgIpc) is 3.21. The zero-order chi connectivity index (χ0) is 21.3. The molecule has 1 fully saturated rings. The van der Waals surface area contributed by atoms with Gasteiger partial charge in [-0.2, -0.15) is 0 Å². The Balaban J connectivity index is 0.00000341. The molecule has 0 unspecified atom stereocenters. The third-order valence-electron chi connectivity index (χ3n) is 4.99. The van der Waals surface area contributed by atoms with Gasteiger partial charge in [-0.15, -0.1) is 24.0 Å². The lowest BCUT2D eigenvalue weighted by Gasteiger charge is -2.16. The highest BCUT2D eigenvalue weighted by molar-refractivity contribution is 14.0. The number of nitrogens with one attached hydrogen (secondary N) is 2. The molecule has 1 aliphatic rings. The van der Waals surface area contributed by atoms with E-state index in [1.807, 2.05) is 54.3 Å². The third kappa shape index (κ3) is 6.75. The van der Waals surface area contributed by atoms with E-state index >= 15 is 0 Å². The number of guanidine groups is 1. The normalized spacial score (nSPS) is 13.6. The molecule has 168 valence electrons. The van der Waals surface area contributed by atoms with Crippen molar-refractivity contribution in [3.05, 3.63) is 53.6 Å². The second kappa shape index (κ2) is 12.4. The molecule has 1 amide bonds. The van der Waals surface area contributed by atoms with Crippen molar-refractivity contribution in [2.24, 2.45) is 4.99 Å². The largest absolute Gasteiger partial charge is 0.493 e. The molecule has 31 heavy (non-hydrogen) atoms. The first kappa shape index (κ1) is 24.8. The first-order chi connectivity index (χ1) is 14.6. The van der Waals surface area contributed by atoms with Crippen LogP contribution in [-0.2, 0) is 17.9 Å². The number of benzene rings is 2. The fourth-order valence-electron chi connectivity index (χ4n) is 3.40. The van der Waals surface area contributed by atoms with Gasteiger partial charge < -0.3 is 25.0 Å². The maximum absolute atomic E-state index is 11.9. The zero-order valence-electron chi connectivity index (χ0n) is 18.3. The van der Waals surface area contributed by atoms with Crippen molar-refractivity contribution in [2.45, 2.75) is 32.9 Å². The monoisotopic (exact) mass is 538 g/mol. The number of amides is 1. The van der Waals surface area contributed by atoms with Crippen LogP contribution >= 0.6 is 24.0 Å². The Bertz CT molecular complexity index is 887. The van der Waals surface area contributed by atoms with E-state index in [9.17, 15) is 4.79 Å². The fraction of sp³-hybridized carbons (Fsp3) is 0.391. The van der Waals surface area contributed by atoms with Gasteiger partial charge >= 0.3 is 0 Å². The number of rotatable bonds is 8. The van der Waals surface area contributed by atoms with E-state index in [1.54, 1.807) is 14.2 Å². The summed E-state index contributed by atoms with van der Waals surface area (Å²) in [5.74, 6) is 2.37. The molecule has 0 aromatic heterocycles. The summed E-state index contributed by atoms with van der Waals surface area (Å²) in [6.07, 6.45) is 1.58. The maximum Gasteiger partial charge on any atom is 0.227 e. The second-order valence-corrected chi connectivity index (χ2v) is 7.01. The molecule has 0 aliphatic carbocycles. The lowest BCUT2D eigenvalue weighted by molar-refractivity contribution is -0.117. The van der Waals surface area contributed by atoms with Gasteiger partial charge in [-0.3, -0.25) is 9.79 Å². The number of aliphatic imine (C=N–C) groups is 1. The number of carbonyl (C=O) groups excluding carboxylic acids is 1. The van der Waals surface area contributed by atoms with Gasteiger partial charge in [-0.25, -0.2) is 0 Å². The van der Waals surface area contributed by atoms with Crippen molar-refractivity contribution >= 4 is 41.5 Å². The SMILES string of the molecule is CCOc1ccc(CNC(=NC)NCc2ccc(N3CCCC3=O)cc2)cc1OC.I. The molecule has 0 radical (unpaired) electrons. The van der Waals surface area contributed by atoms with E-state index in [0.29, 0.717) is 32.1 Å². The van der Waals surface area contributed by atoms with Gasteiger partial charge in [0.2, 0.25) is 5.91 Å². The molecule has 2 N–H and O–H groups in total. The number of hydrogen-bond acceptors (Lipinski definition) is 4. The minimum atomic E-state index is 0. The minimum absolute atomic E-state index is 0. The number of ether oxygens (including phenoxy) is 2. The molecule has 0 atom stereocenters. The Morgan fingerprint density at radius 1 is 1.06 bits per heavy atom. The summed E-state index contributed by atoms with van der Waals surface area (Å²) in [6, 6.07) is 14.0. The zero-order valence-corrected chi connectivity index (χ0v) is 20.6. The predicted molar refractivity (Wildman–Crippen MR) is 135 cm³/mol. The topological polar surface area (TPSA) is 75.2 Å². The summed E-state index contributed by atoms with van der Waals surface area (Å²) in [4.78, 5) is 18.0. The van der Waals surface area contributed by atoms with Gasteiger partial charge in [0.25, 0.3) is 0 Å². The van der Waals surface area contributed by atoms with E-state index in [0.717, 1.165) is 41.3 Å². The van der Waals surface area contributed by atoms with Gasteiger partial charge in [-0.1, -0.05) is 18.2 Å². The van der Waals surface area contributed by atoms with Crippen LogP contribution in [0.5, 0.6) is 11.5 Å². The van der Waals surface area contributed by atoms with E-state index < -0.39 is 0 Å².